The second-order valence-electron chi connectivity index (χ2n) is 3.51. The molecule has 0 fully saturated rings. The lowest BCUT2D eigenvalue weighted by Gasteiger charge is -2.00. The minimum atomic E-state index is 0.616. The van der Waals surface area contributed by atoms with Crippen LogP contribution >= 0.6 is 0 Å². The molecule has 3 aromatic rings. The lowest BCUT2D eigenvalue weighted by Crippen LogP contribution is -1.92. The first-order valence-corrected chi connectivity index (χ1v) is 5.92. The molecule has 0 N–H and O–H groups in total. The summed E-state index contributed by atoms with van der Waals surface area (Å²) in [6.07, 6.45) is 6.98. The summed E-state index contributed by atoms with van der Waals surface area (Å²) in [5.41, 5.74) is 2.92. The fourth-order valence-electron chi connectivity index (χ4n) is 1.63. The number of aryl methyl sites for hydroxylation is 1. The molecule has 0 saturated heterocycles. The molecule has 0 amide bonds. The van der Waals surface area contributed by atoms with Gasteiger partial charge in [0.2, 0.25) is 0 Å². The van der Waals surface area contributed by atoms with E-state index in [2.05, 4.69) is 20.2 Å². The molecule has 5 nitrogen and oxygen atoms in total. The van der Waals surface area contributed by atoms with E-state index in [1.165, 1.54) is 0 Å². The van der Waals surface area contributed by atoms with Crippen LogP contribution in [0.2, 0.25) is 0 Å². The van der Waals surface area contributed by atoms with Gasteiger partial charge in [-0.05, 0) is 19.1 Å². The van der Waals surface area contributed by atoms with Crippen LogP contribution < -0.4 is 0 Å². The first kappa shape index (κ1) is 12.2. The highest BCUT2D eigenvalue weighted by Crippen LogP contribution is 2.16. The number of imidazole rings is 1. The topological polar surface area (TPSA) is 56.0 Å². The van der Waals surface area contributed by atoms with Crippen LogP contribution in [-0.4, -0.2) is 24.6 Å². The maximum atomic E-state index is 4.29. The summed E-state index contributed by atoms with van der Waals surface area (Å²) in [6, 6.07) is 3.91. The van der Waals surface area contributed by atoms with Crippen molar-refractivity contribution in [3.8, 4) is 11.4 Å². The highest BCUT2D eigenvalue weighted by Gasteiger charge is 2.04. The Labute approximate surface area is 106 Å². The Hall–Kier alpha value is -2.30. The van der Waals surface area contributed by atoms with Gasteiger partial charge in [-0.2, -0.15) is 5.10 Å². The van der Waals surface area contributed by atoms with Crippen molar-refractivity contribution in [1.29, 1.82) is 0 Å². The third kappa shape index (κ3) is 2.20. The van der Waals surface area contributed by atoms with Gasteiger partial charge in [-0.1, -0.05) is 13.8 Å². The van der Waals surface area contributed by atoms with Crippen molar-refractivity contribution < 1.29 is 0 Å². The first-order valence-electron chi connectivity index (χ1n) is 5.92. The standard InChI is InChI=1S/C11H9N5.C2H6/c1-8-7-13-10-6-9(2-5-16(8)10)11-12-3-4-14-15-11;1-2/h2-7H,1H3;1-2H3. The van der Waals surface area contributed by atoms with E-state index in [4.69, 9.17) is 0 Å². The van der Waals surface area contributed by atoms with Crippen molar-refractivity contribution in [3.05, 3.63) is 42.6 Å². The predicted octanol–water partition coefficient (Wildman–Crippen LogP) is 2.52. The van der Waals surface area contributed by atoms with Gasteiger partial charge in [0.1, 0.15) is 5.65 Å². The fraction of sp³-hybridized carbons (Fsp3) is 0.231. The van der Waals surface area contributed by atoms with Crippen LogP contribution in [0.3, 0.4) is 0 Å². The van der Waals surface area contributed by atoms with Crippen molar-refractivity contribution in [2.24, 2.45) is 0 Å². The van der Waals surface area contributed by atoms with Crippen LogP contribution in [0.5, 0.6) is 0 Å². The molecule has 5 heteroatoms. The lowest BCUT2D eigenvalue weighted by molar-refractivity contribution is 0.978. The van der Waals surface area contributed by atoms with Crippen molar-refractivity contribution in [3.63, 3.8) is 0 Å². The molecule has 92 valence electrons. The zero-order valence-electron chi connectivity index (χ0n) is 10.7. The summed E-state index contributed by atoms with van der Waals surface area (Å²) >= 11 is 0. The number of rotatable bonds is 1. The summed E-state index contributed by atoms with van der Waals surface area (Å²) in [7, 11) is 0. The summed E-state index contributed by atoms with van der Waals surface area (Å²) in [6.45, 7) is 6.01. The molecule has 0 saturated carbocycles. The maximum Gasteiger partial charge on any atom is 0.181 e. The summed E-state index contributed by atoms with van der Waals surface area (Å²) in [5.74, 6) is 0.616. The van der Waals surface area contributed by atoms with Gasteiger partial charge in [-0.15, -0.1) is 5.10 Å². The van der Waals surface area contributed by atoms with E-state index in [1.807, 2.05) is 49.7 Å². The number of hydrogen-bond donors (Lipinski definition) is 0. The normalized spacial score (nSPS) is 9.94. The molecule has 0 aromatic carbocycles. The van der Waals surface area contributed by atoms with Crippen LogP contribution in [0.4, 0.5) is 0 Å². The number of pyridine rings is 1. The molecule has 0 radical (unpaired) electrons. The number of fused-ring (bicyclic) bond motifs is 1. The highest BCUT2D eigenvalue weighted by molar-refractivity contribution is 5.60. The monoisotopic (exact) mass is 241 g/mol. The Bertz CT molecular complexity index is 630. The molecule has 3 aromatic heterocycles. The van der Waals surface area contributed by atoms with Crippen LogP contribution in [0.15, 0.2) is 36.9 Å². The third-order valence-corrected chi connectivity index (χ3v) is 2.44. The molecule has 3 heterocycles. The SMILES string of the molecule is CC.Cc1cnc2cc(-c3nccnn3)ccn12. The number of hydrogen-bond acceptors (Lipinski definition) is 4. The van der Waals surface area contributed by atoms with Gasteiger partial charge in [0.25, 0.3) is 0 Å². The van der Waals surface area contributed by atoms with Crippen molar-refractivity contribution in [2.75, 3.05) is 0 Å². The smallest absolute Gasteiger partial charge is 0.181 e. The van der Waals surface area contributed by atoms with E-state index in [0.29, 0.717) is 5.82 Å². The predicted molar refractivity (Wildman–Crippen MR) is 70.1 cm³/mol. The second kappa shape index (κ2) is 5.35. The van der Waals surface area contributed by atoms with E-state index in [0.717, 1.165) is 16.9 Å². The Morgan fingerprint density at radius 3 is 2.67 bits per heavy atom. The van der Waals surface area contributed by atoms with Crippen LogP contribution in [0, 0.1) is 6.92 Å². The molecule has 0 bridgehead atoms. The van der Waals surface area contributed by atoms with Gasteiger partial charge < -0.3 is 4.40 Å². The van der Waals surface area contributed by atoms with Gasteiger partial charge in [0, 0.05) is 29.8 Å². The molecule has 0 aliphatic rings. The summed E-state index contributed by atoms with van der Waals surface area (Å²) in [5, 5.41) is 7.77. The van der Waals surface area contributed by atoms with Crippen LogP contribution in [0.25, 0.3) is 17.0 Å². The van der Waals surface area contributed by atoms with Crippen LogP contribution in [-0.2, 0) is 0 Å². The first-order chi connectivity index (χ1) is 8.84. The molecule has 0 aliphatic heterocycles. The van der Waals surface area contributed by atoms with Gasteiger partial charge in [0.05, 0.1) is 6.20 Å². The second-order valence-corrected chi connectivity index (χ2v) is 3.51. The average Bonchev–Trinajstić information content (AvgIpc) is 2.83. The van der Waals surface area contributed by atoms with E-state index >= 15 is 0 Å². The fourth-order valence-corrected chi connectivity index (χ4v) is 1.63. The van der Waals surface area contributed by atoms with Crippen LogP contribution in [0.1, 0.15) is 19.5 Å². The minimum absolute atomic E-state index is 0.616. The number of nitrogens with zero attached hydrogens (tertiary/aromatic N) is 5. The Morgan fingerprint density at radius 1 is 1.11 bits per heavy atom. The third-order valence-electron chi connectivity index (χ3n) is 2.44. The van der Waals surface area contributed by atoms with E-state index in [-0.39, 0.29) is 0 Å². The summed E-state index contributed by atoms with van der Waals surface area (Å²) < 4.78 is 2.01. The molecular formula is C13H15N5. The van der Waals surface area contributed by atoms with Gasteiger partial charge >= 0.3 is 0 Å². The zero-order valence-corrected chi connectivity index (χ0v) is 10.7. The zero-order chi connectivity index (χ0) is 13.0. The number of aromatic nitrogens is 5. The summed E-state index contributed by atoms with van der Waals surface area (Å²) in [4.78, 5) is 8.44. The van der Waals surface area contributed by atoms with Crippen molar-refractivity contribution >= 4 is 5.65 Å². The molecule has 18 heavy (non-hydrogen) atoms. The van der Waals surface area contributed by atoms with E-state index in [1.54, 1.807) is 12.4 Å². The molecular weight excluding hydrogens is 226 g/mol. The van der Waals surface area contributed by atoms with Gasteiger partial charge in [-0.3, -0.25) is 0 Å². The Balaban J connectivity index is 0.000000574. The molecule has 3 rings (SSSR count). The Morgan fingerprint density at radius 2 is 1.94 bits per heavy atom. The Kier molecular flexibility index (Phi) is 3.62. The van der Waals surface area contributed by atoms with E-state index < -0.39 is 0 Å². The quantitative estimate of drug-likeness (QED) is 0.657. The molecule has 0 unspecified atom stereocenters. The van der Waals surface area contributed by atoms with Crippen molar-refractivity contribution in [2.45, 2.75) is 20.8 Å². The molecule has 0 spiro atoms. The van der Waals surface area contributed by atoms with E-state index in [9.17, 15) is 0 Å². The van der Waals surface area contributed by atoms with Crippen molar-refractivity contribution in [1.82, 2.24) is 24.6 Å². The molecule has 0 atom stereocenters. The van der Waals surface area contributed by atoms with Gasteiger partial charge in [0.15, 0.2) is 5.82 Å². The largest absolute Gasteiger partial charge is 0.304 e. The average molecular weight is 241 g/mol. The van der Waals surface area contributed by atoms with Gasteiger partial charge in [-0.25, -0.2) is 9.97 Å². The highest BCUT2D eigenvalue weighted by atomic mass is 15.1. The lowest BCUT2D eigenvalue weighted by atomic mass is 10.2. The maximum absolute atomic E-state index is 4.29. The molecule has 0 aliphatic carbocycles. The minimum Gasteiger partial charge on any atom is -0.304 e.